The molecular weight excluding hydrogens is 246 g/mol. The Hall–Kier alpha value is -1.41. The van der Waals surface area contributed by atoms with Crippen LogP contribution in [0, 0.1) is 17.2 Å². The Bertz CT molecular complexity index is 471. The lowest BCUT2D eigenvalue weighted by atomic mass is 10.3. The number of rotatable bonds is 5. The topological polar surface area (TPSA) is 62.3 Å². The smallest absolute Gasteiger partial charge is 0.178 e. The summed E-state index contributed by atoms with van der Waals surface area (Å²) >= 11 is 1.42. The third-order valence-corrected chi connectivity index (χ3v) is 4.12. The maximum absolute atomic E-state index is 9.07. The molecule has 2 rings (SSSR count). The summed E-state index contributed by atoms with van der Waals surface area (Å²) < 4.78 is 5.77. The van der Waals surface area contributed by atoms with Crippen molar-refractivity contribution in [3.8, 4) is 11.8 Å². The molecule has 1 fully saturated rings. The molecule has 18 heavy (non-hydrogen) atoms. The van der Waals surface area contributed by atoms with Gasteiger partial charge in [-0.1, -0.05) is 0 Å². The summed E-state index contributed by atoms with van der Waals surface area (Å²) in [6.45, 7) is 4.95. The monoisotopic (exact) mass is 265 g/mol. The van der Waals surface area contributed by atoms with Gasteiger partial charge in [-0.3, -0.25) is 0 Å². The molecule has 1 aromatic rings. The van der Waals surface area contributed by atoms with Gasteiger partial charge in [0.2, 0.25) is 0 Å². The van der Waals surface area contributed by atoms with Crippen molar-refractivity contribution in [1.82, 2.24) is 0 Å². The van der Waals surface area contributed by atoms with Gasteiger partial charge in [-0.25, -0.2) is 0 Å². The van der Waals surface area contributed by atoms with Crippen molar-refractivity contribution in [2.24, 2.45) is 5.92 Å². The lowest BCUT2D eigenvalue weighted by Crippen LogP contribution is -2.20. The normalized spacial score (nSPS) is 14.6. The highest BCUT2D eigenvalue weighted by molar-refractivity contribution is 7.17. The van der Waals surface area contributed by atoms with Crippen LogP contribution in [-0.4, -0.2) is 19.7 Å². The molecule has 5 heteroatoms. The summed E-state index contributed by atoms with van der Waals surface area (Å²) in [7, 11) is 2.04. The van der Waals surface area contributed by atoms with Gasteiger partial charge in [-0.15, -0.1) is 11.3 Å². The molecule has 0 bridgehead atoms. The molecule has 1 aliphatic carbocycles. The standard InChI is InChI=1S/C13H19N3OS/c1-8(2)17-12-11(15)10(6-14)18-13(12)16(3)7-9-4-5-9/h8-9H,4-5,7,15H2,1-3H3. The predicted molar refractivity (Wildman–Crippen MR) is 75.2 cm³/mol. The zero-order valence-corrected chi connectivity index (χ0v) is 11.9. The third kappa shape index (κ3) is 2.70. The lowest BCUT2D eigenvalue weighted by Gasteiger charge is -2.20. The van der Waals surface area contributed by atoms with Crippen molar-refractivity contribution in [1.29, 1.82) is 5.26 Å². The summed E-state index contributed by atoms with van der Waals surface area (Å²) in [6.07, 6.45) is 2.66. The first-order chi connectivity index (χ1) is 8.52. The first-order valence-corrected chi connectivity index (χ1v) is 7.04. The number of nitriles is 1. The second-order valence-corrected chi connectivity index (χ2v) is 6.08. The lowest BCUT2D eigenvalue weighted by molar-refractivity contribution is 0.245. The van der Waals surface area contributed by atoms with Gasteiger partial charge in [-0.2, -0.15) is 5.26 Å². The Kier molecular flexibility index (Phi) is 3.67. The molecule has 2 N–H and O–H groups in total. The van der Waals surface area contributed by atoms with Crippen LogP contribution in [0.25, 0.3) is 0 Å². The molecule has 0 radical (unpaired) electrons. The molecule has 98 valence electrons. The summed E-state index contributed by atoms with van der Waals surface area (Å²) in [6, 6.07) is 2.14. The van der Waals surface area contributed by atoms with Crippen molar-refractivity contribution < 1.29 is 4.74 Å². The molecule has 0 saturated heterocycles. The Labute approximate surface area is 112 Å². The molecule has 1 saturated carbocycles. The van der Waals surface area contributed by atoms with Crippen LogP contribution < -0.4 is 15.4 Å². The molecule has 0 aromatic carbocycles. The molecule has 0 amide bonds. The minimum absolute atomic E-state index is 0.0570. The highest BCUT2D eigenvalue weighted by Crippen LogP contribution is 2.45. The quantitative estimate of drug-likeness (QED) is 0.889. The SMILES string of the molecule is CC(C)Oc1c(N(C)CC2CC2)sc(C#N)c1N. The Morgan fingerprint density at radius 1 is 1.56 bits per heavy atom. The number of ether oxygens (including phenoxy) is 1. The fourth-order valence-electron chi connectivity index (χ4n) is 1.87. The molecule has 1 aromatic heterocycles. The van der Waals surface area contributed by atoms with Crippen LogP contribution in [0.3, 0.4) is 0 Å². The number of anilines is 2. The number of hydrogen-bond acceptors (Lipinski definition) is 5. The number of hydrogen-bond donors (Lipinski definition) is 1. The van der Waals surface area contributed by atoms with Crippen LogP contribution >= 0.6 is 11.3 Å². The van der Waals surface area contributed by atoms with Gasteiger partial charge in [0.25, 0.3) is 0 Å². The average Bonchev–Trinajstić information content (AvgIpc) is 3.05. The first kappa shape index (κ1) is 13.0. The predicted octanol–water partition coefficient (Wildman–Crippen LogP) is 2.84. The first-order valence-electron chi connectivity index (χ1n) is 6.23. The minimum atomic E-state index is 0.0570. The van der Waals surface area contributed by atoms with Gasteiger partial charge in [0.1, 0.15) is 21.6 Å². The zero-order chi connectivity index (χ0) is 13.3. The van der Waals surface area contributed by atoms with E-state index < -0.39 is 0 Å². The van der Waals surface area contributed by atoms with Crippen LogP contribution in [0.15, 0.2) is 0 Å². The van der Waals surface area contributed by atoms with Crippen LogP contribution in [0.5, 0.6) is 5.75 Å². The van der Waals surface area contributed by atoms with E-state index in [1.165, 1.54) is 24.2 Å². The molecule has 4 nitrogen and oxygen atoms in total. The molecular formula is C13H19N3OS. The van der Waals surface area contributed by atoms with Crippen molar-refractivity contribution in [3.63, 3.8) is 0 Å². The van der Waals surface area contributed by atoms with Crippen LogP contribution in [0.2, 0.25) is 0 Å². The van der Waals surface area contributed by atoms with E-state index in [9.17, 15) is 0 Å². The van der Waals surface area contributed by atoms with E-state index in [2.05, 4.69) is 11.0 Å². The number of nitrogens with zero attached hydrogens (tertiary/aromatic N) is 2. The van der Waals surface area contributed by atoms with E-state index in [0.29, 0.717) is 16.3 Å². The molecule has 1 aliphatic rings. The van der Waals surface area contributed by atoms with E-state index >= 15 is 0 Å². The molecule has 0 unspecified atom stereocenters. The van der Waals surface area contributed by atoms with Gasteiger partial charge in [0.05, 0.1) is 6.10 Å². The fraction of sp³-hybridized carbons (Fsp3) is 0.615. The van der Waals surface area contributed by atoms with E-state index in [4.69, 9.17) is 15.7 Å². The second kappa shape index (κ2) is 5.07. The van der Waals surface area contributed by atoms with Crippen LogP contribution in [0.1, 0.15) is 31.6 Å². The van der Waals surface area contributed by atoms with E-state index in [1.54, 1.807) is 0 Å². The fourth-order valence-corrected chi connectivity index (χ4v) is 2.79. The van der Waals surface area contributed by atoms with Crippen molar-refractivity contribution in [3.05, 3.63) is 4.88 Å². The van der Waals surface area contributed by atoms with Crippen molar-refractivity contribution in [2.45, 2.75) is 32.8 Å². The maximum atomic E-state index is 9.07. The van der Waals surface area contributed by atoms with Gasteiger partial charge in [0, 0.05) is 13.6 Å². The summed E-state index contributed by atoms with van der Waals surface area (Å²) in [5, 5.41) is 10.0. The van der Waals surface area contributed by atoms with Gasteiger partial charge in [0.15, 0.2) is 5.75 Å². The number of thiophene rings is 1. The largest absolute Gasteiger partial charge is 0.486 e. The van der Waals surface area contributed by atoms with Crippen molar-refractivity contribution >= 4 is 22.0 Å². The van der Waals surface area contributed by atoms with Gasteiger partial charge in [-0.05, 0) is 32.6 Å². The van der Waals surface area contributed by atoms with Gasteiger partial charge < -0.3 is 15.4 Å². The maximum Gasteiger partial charge on any atom is 0.178 e. The molecule has 1 heterocycles. The van der Waals surface area contributed by atoms with E-state index in [1.807, 2.05) is 20.9 Å². The van der Waals surface area contributed by atoms with E-state index in [0.717, 1.165) is 17.5 Å². The summed E-state index contributed by atoms with van der Waals surface area (Å²) in [4.78, 5) is 2.71. The number of nitrogens with two attached hydrogens (primary N) is 1. The van der Waals surface area contributed by atoms with Crippen LogP contribution in [0.4, 0.5) is 10.7 Å². The highest BCUT2D eigenvalue weighted by Gasteiger charge is 2.27. The Morgan fingerprint density at radius 2 is 2.22 bits per heavy atom. The molecule has 0 atom stereocenters. The molecule has 0 aliphatic heterocycles. The zero-order valence-electron chi connectivity index (χ0n) is 11.1. The summed E-state index contributed by atoms with van der Waals surface area (Å²) in [5.41, 5.74) is 6.46. The minimum Gasteiger partial charge on any atom is -0.486 e. The van der Waals surface area contributed by atoms with Crippen LogP contribution in [-0.2, 0) is 0 Å². The second-order valence-electron chi connectivity index (χ2n) is 5.08. The summed E-state index contributed by atoms with van der Waals surface area (Å²) in [5.74, 6) is 1.46. The van der Waals surface area contributed by atoms with E-state index in [-0.39, 0.29) is 6.10 Å². The highest BCUT2D eigenvalue weighted by atomic mass is 32.1. The van der Waals surface area contributed by atoms with Gasteiger partial charge >= 0.3 is 0 Å². The van der Waals surface area contributed by atoms with Crippen molar-refractivity contribution in [2.75, 3.05) is 24.2 Å². The molecule has 0 spiro atoms. The third-order valence-electron chi connectivity index (χ3n) is 2.91. The Balaban J connectivity index is 2.28. The Morgan fingerprint density at radius 3 is 2.72 bits per heavy atom. The number of nitrogen functional groups attached to an aromatic ring is 1. The average molecular weight is 265 g/mol.